The molecule has 1 N–H and O–H groups in total. The molecule has 1 aromatic rings. The van der Waals surface area contributed by atoms with Gasteiger partial charge in [-0.3, -0.25) is 4.90 Å². The van der Waals surface area contributed by atoms with E-state index >= 15 is 0 Å². The van der Waals surface area contributed by atoms with Crippen LogP contribution in [0.15, 0.2) is 18.2 Å². The van der Waals surface area contributed by atoms with Crippen LogP contribution in [0.25, 0.3) is 0 Å². The Morgan fingerprint density at radius 3 is 2.73 bits per heavy atom. The van der Waals surface area contributed by atoms with Crippen LogP contribution in [0.2, 0.25) is 18.1 Å². The van der Waals surface area contributed by atoms with Crippen LogP contribution in [0.1, 0.15) is 70.4 Å². The van der Waals surface area contributed by atoms with Crippen molar-refractivity contribution in [2.45, 2.75) is 101 Å². The van der Waals surface area contributed by atoms with Crippen LogP contribution in [0.4, 0.5) is 0 Å². The second-order valence-electron chi connectivity index (χ2n) is 14.3. The van der Waals surface area contributed by atoms with Gasteiger partial charge in [-0.2, -0.15) is 0 Å². The van der Waals surface area contributed by atoms with Gasteiger partial charge in [-0.15, -0.1) is 0 Å². The Bertz CT molecular complexity index is 980. The molecule has 7 rings (SSSR count). The van der Waals surface area contributed by atoms with E-state index in [-0.39, 0.29) is 5.04 Å². The molecule has 6 aliphatic rings. The largest absolute Gasteiger partial charge is 0.543 e. The Kier molecular flexibility index (Phi) is 4.34. The topological polar surface area (TPSA) is 24.5 Å². The minimum absolute atomic E-state index is 0.231. The zero-order chi connectivity index (χ0) is 22.8. The first-order valence-corrected chi connectivity index (χ1v) is 16.9. The molecule has 4 bridgehead atoms. The number of benzene rings is 1. The van der Waals surface area contributed by atoms with Crippen LogP contribution in [0, 0.1) is 23.2 Å². The van der Waals surface area contributed by atoms with E-state index in [9.17, 15) is 0 Å². The summed E-state index contributed by atoms with van der Waals surface area (Å²) in [5.41, 5.74) is 4.28. The molecule has 2 heterocycles. The highest BCUT2D eigenvalue weighted by atomic mass is 28.4. The monoisotopic (exact) mass is 464 g/mol. The Hall–Kier alpha value is -0.843. The van der Waals surface area contributed by atoms with Gasteiger partial charge in [0.15, 0.2) is 0 Å². The van der Waals surface area contributed by atoms with Gasteiger partial charge in [0, 0.05) is 24.0 Å². The number of rotatable bonds is 4. The van der Waals surface area contributed by atoms with Crippen molar-refractivity contribution in [1.82, 2.24) is 10.2 Å². The Balaban J connectivity index is 1.35. The molecule has 180 valence electrons. The summed E-state index contributed by atoms with van der Waals surface area (Å²) < 4.78 is 6.90. The second kappa shape index (κ2) is 6.67. The normalized spacial score (nSPS) is 41.6. The van der Waals surface area contributed by atoms with Crippen molar-refractivity contribution in [1.29, 1.82) is 0 Å². The fourth-order valence-electron chi connectivity index (χ4n) is 9.30. The maximum atomic E-state index is 6.90. The molecule has 0 spiro atoms. The van der Waals surface area contributed by atoms with Crippen LogP contribution in [-0.4, -0.2) is 44.9 Å². The van der Waals surface area contributed by atoms with Gasteiger partial charge in [0.2, 0.25) is 8.32 Å². The summed E-state index contributed by atoms with van der Waals surface area (Å²) >= 11 is 0. The molecule has 3 nitrogen and oxygen atoms in total. The van der Waals surface area contributed by atoms with E-state index in [1.54, 1.807) is 11.1 Å². The standard InChI is InChI=1S/C29H44N2OSi/c1-27(2,3)33(4,5)32-22-9-8-20-14-25-28-11-10-24-26(21(16-28)17-30-24)29(28,23(20)15-22)12-13-31(25)18-19-6-7-19/h8-9,15,19,21,24-26,30H,6-7,10-14,16-18H2,1-5H3/t21-,24-,25-,26-,28-,29+/m1/s1. The zero-order valence-electron chi connectivity index (χ0n) is 21.5. The van der Waals surface area contributed by atoms with Gasteiger partial charge in [0.1, 0.15) is 5.75 Å². The van der Waals surface area contributed by atoms with Crippen LogP contribution in [0.3, 0.4) is 0 Å². The molecule has 0 radical (unpaired) electrons. The first-order valence-electron chi connectivity index (χ1n) is 13.9. The van der Waals surface area contributed by atoms with E-state index in [0.29, 0.717) is 10.8 Å². The van der Waals surface area contributed by atoms with Crippen molar-refractivity contribution in [3.63, 3.8) is 0 Å². The summed E-state index contributed by atoms with van der Waals surface area (Å²) in [5, 5.41) is 4.22. The van der Waals surface area contributed by atoms with Gasteiger partial charge in [-0.05, 0) is 123 Å². The van der Waals surface area contributed by atoms with Gasteiger partial charge < -0.3 is 9.74 Å². The molecule has 1 aromatic carbocycles. The van der Waals surface area contributed by atoms with E-state index in [0.717, 1.165) is 35.6 Å². The Morgan fingerprint density at radius 2 is 1.97 bits per heavy atom. The first-order chi connectivity index (χ1) is 15.6. The second-order valence-corrected chi connectivity index (χ2v) is 19.0. The molecule has 0 unspecified atom stereocenters. The van der Waals surface area contributed by atoms with Crippen molar-refractivity contribution >= 4 is 8.32 Å². The smallest absolute Gasteiger partial charge is 0.250 e. The third-order valence-corrected chi connectivity index (χ3v) is 16.1. The molecule has 0 amide bonds. The lowest BCUT2D eigenvalue weighted by Crippen LogP contribution is -2.69. The van der Waals surface area contributed by atoms with Crippen LogP contribution in [0.5, 0.6) is 5.75 Å². The van der Waals surface area contributed by atoms with Crippen LogP contribution >= 0.6 is 0 Å². The minimum atomic E-state index is -1.85. The number of piperidine rings is 1. The molecule has 6 atom stereocenters. The quantitative estimate of drug-likeness (QED) is 0.575. The lowest BCUT2D eigenvalue weighted by molar-refractivity contribution is -0.0940. The number of fused-ring (bicyclic) bond motifs is 1. The SMILES string of the molecule is CC(C)(C)[Si](C)(C)Oc1ccc2c(c1)[C@]13CCN(CC4CC4)[C@H](C2)[C@]12CC[C@H]1NC[C@@H](C2)[C@H]13. The van der Waals surface area contributed by atoms with E-state index in [1.807, 2.05) is 0 Å². The molecule has 4 heteroatoms. The van der Waals surface area contributed by atoms with Crippen molar-refractivity contribution < 1.29 is 4.43 Å². The summed E-state index contributed by atoms with van der Waals surface area (Å²) in [4.78, 5) is 2.99. The third kappa shape index (κ3) is 2.75. The molecule has 4 aliphatic carbocycles. The van der Waals surface area contributed by atoms with Gasteiger partial charge >= 0.3 is 0 Å². The number of nitrogens with one attached hydrogen (secondary N) is 1. The Labute approximate surface area is 202 Å². The Morgan fingerprint density at radius 1 is 1.15 bits per heavy atom. The molecule has 5 fully saturated rings. The van der Waals surface area contributed by atoms with Gasteiger partial charge in [-0.1, -0.05) is 26.8 Å². The summed E-state index contributed by atoms with van der Waals surface area (Å²) in [6, 6.07) is 8.91. The average molecular weight is 465 g/mol. The summed E-state index contributed by atoms with van der Waals surface area (Å²) in [7, 11) is -1.85. The van der Waals surface area contributed by atoms with Crippen LogP contribution < -0.4 is 9.74 Å². The maximum Gasteiger partial charge on any atom is 0.250 e. The van der Waals surface area contributed by atoms with Crippen molar-refractivity contribution in [3.8, 4) is 5.75 Å². The highest BCUT2D eigenvalue weighted by Crippen LogP contribution is 2.74. The highest BCUT2D eigenvalue weighted by molar-refractivity contribution is 6.74. The average Bonchev–Trinajstić information content (AvgIpc) is 3.40. The van der Waals surface area contributed by atoms with Gasteiger partial charge in [0.05, 0.1) is 0 Å². The maximum absolute atomic E-state index is 6.90. The predicted molar refractivity (Wildman–Crippen MR) is 137 cm³/mol. The molecular formula is C29H44N2OSi. The molecule has 0 aromatic heterocycles. The molecular weight excluding hydrogens is 420 g/mol. The number of hydrogen-bond acceptors (Lipinski definition) is 3. The lowest BCUT2D eigenvalue weighted by atomic mass is 9.43. The minimum Gasteiger partial charge on any atom is -0.543 e. The van der Waals surface area contributed by atoms with Gasteiger partial charge in [-0.25, -0.2) is 0 Å². The fourth-order valence-corrected chi connectivity index (χ4v) is 10.3. The molecule has 3 saturated carbocycles. The molecule has 33 heavy (non-hydrogen) atoms. The van der Waals surface area contributed by atoms with Crippen molar-refractivity contribution in [2.24, 2.45) is 23.2 Å². The molecule has 2 aliphatic heterocycles. The number of nitrogens with zero attached hydrogens (tertiary/aromatic N) is 1. The first kappa shape index (κ1) is 21.4. The van der Waals surface area contributed by atoms with E-state index < -0.39 is 8.32 Å². The van der Waals surface area contributed by atoms with E-state index in [1.165, 1.54) is 64.6 Å². The van der Waals surface area contributed by atoms with Crippen LogP contribution in [-0.2, 0) is 11.8 Å². The van der Waals surface area contributed by atoms with Crippen molar-refractivity contribution in [2.75, 3.05) is 19.6 Å². The fraction of sp³-hybridized carbons (Fsp3) is 0.793. The molecule has 2 saturated heterocycles. The lowest BCUT2D eigenvalue weighted by Gasteiger charge is -2.66. The summed E-state index contributed by atoms with van der Waals surface area (Å²) in [6.45, 7) is 15.8. The van der Waals surface area contributed by atoms with Gasteiger partial charge in [0.25, 0.3) is 0 Å². The predicted octanol–water partition coefficient (Wildman–Crippen LogP) is 5.74. The van der Waals surface area contributed by atoms with E-state index in [2.05, 4.69) is 62.3 Å². The number of likely N-dealkylation sites (tertiary alicyclic amines) is 1. The zero-order valence-corrected chi connectivity index (χ0v) is 22.5. The number of hydrogen-bond donors (Lipinski definition) is 1. The third-order valence-electron chi connectivity index (χ3n) is 11.8. The van der Waals surface area contributed by atoms with Crippen molar-refractivity contribution in [3.05, 3.63) is 29.3 Å². The highest BCUT2D eigenvalue weighted by Gasteiger charge is 2.75. The van der Waals surface area contributed by atoms with E-state index in [4.69, 9.17) is 4.43 Å². The summed E-state index contributed by atoms with van der Waals surface area (Å²) in [6.07, 6.45) is 9.93. The summed E-state index contributed by atoms with van der Waals surface area (Å²) in [5.74, 6) is 3.89.